The van der Waals surface area contributed by atoms with Crippen molar-refractivity contribution in [1.29, 1.82) is 0 Å². The van der Waals surface area contributed by atoms with Gasteiger partial charge in [-0.2, -0.15) is 0 Å². The third-order valence-electron chi connectivity index (χ3n) is 3.99. The van der Waals surface area contributed by atoms with Gasteiger partial charge in [-0.3, -0.25) is 4.79 Å². The maximum absolute atomic E-state index is 12.2. The molecule has 0 spiro atoms. The second-order valence-corrected chi connectivity index (χ2v) is 7.20. The van der Waals surface area contributed by atoms with Gasteiger partial charge in [0, 0.05) is 23.2 Å². The summed E-state index contributed by atoms with van der Waals surface area (Å²) in [6.07, 6.45) is 0.983. The van der Waals surface area contributed by atoms with Crippen LogP contribution in [0.15, 0.2) is 46.9 Å². The molecule has 0 atom stereocenters. The summed E-state index contributed by atoms with van der Waals surface area (Å²) in [5.74, 6) is 0.632. The van der Waals surface area contributed by atoms with E-state index in [1.54, 1.807) is 0 Å². The normalized spacial score (nSPS) is 11.6. The van der Waals surface area contributed by atoms with Gasteiger partial charge in [-0.25, -0.2) is 4.98 Å². The number of benzene rings is 2. The molecule has 2 aromatic carbocycles. The summed E-state index contributed by atoms with van der Waals surface area (Å²) in [5.41, 5.74) is 9.64. The number of fused-ring (bicyclic) bond motifs is 1. The van der Waals surface area contributed by atoms with Crippen LogP contribution in [0.3, 0.4) is 0 Å². The number of aryl methyl sites for hydroxylation is 1. The van der Waals surface area contributed by atoms with Crippen molar-refractivity contribution in [1.82, 2.24) is 4.98 Å². The highest BCUT2D eigenvalue weighted by atomic mass is 16.3. The fourth-order valence-electron chi connectivity index (χ4n) is 2.56. The summed E-state index contributed by atoms with van der Waals surface area (Å²) >= 11 is 0. The van der Waals surface area contributed by atoms with E-state index in [1.807, 2.05) is 42.5 Å². The molecule has 1 aromatic heterocycles. The highest BCUT2D eigenvalue weighted by molar-refractivity contribution is 5.93. The maximum Gasteiger partial charge on any atom is 0.224 e. The molecule has 0 aliphatic rings. The van der Waals surface area contributed by atoms with Crippen molar-refractivity contribution < 1.29 is 9.21 Å². The molecule has 0 radical (unpaired) electrons. The largest absolute Gasteiger partial charge is 0.440 e. The molecule has 3 aromatic rings. The van der Waals surface area contributed by atoms with Gasteiger partial charge in [-0.05, 0) is 36.2 Å². The van der Waals surface area contributed by atoms with Crippen LogP contribution in [-0.4, -0.2) is 10.9 Å². The first-order chi connectivity index (χ1) is 11.8. The zero-order valence-electron chi connectivity index (χ0n) is 14.8. The first kappa shape index (κ1) is 17.0. The summed E-state index contributed by atoms with van der Waals surface area (Å²) in [6.45, 7) is 6.15. The molecule has 1 amide bonds. The standard InChI is InChI=1S/C20H23N3O2/c1-20(2,3)19-23-16-12-14(9-10-17(16)25-19)22-18(24)11-8-13-6-4-5-7-15(13)21/h4-7,9-10,12H,8,11,21H2,1-3H3,(H,22,24). The number of nitrogens with two attached hydrogens (primary N) is 1. The van der Waals surface area contributed by atoms with E-state index in [4.69, 9.17) is 10.2 Å². The number of amides is 1. The summed E-state index contributed by atoms with van der Waals surface area (Å²) in [4.78, 5) is 16.7. The van der Waals surface area contributed by atoms with Crippen molar-refractivity contribution in [2.24, 2.45) is 0 Å². The number of anilines is 2. The molecule has 0 aliphatic heterocycles. The lowest BCUT2D eigenvalue weighted by Crippen LogP contribution is -2.12. The molecule has 3 rings (SSSR count). The minimum Gasteiger partial charge on any atom is -0.440 e. The molecule has 3 N–H and O–H groups in total. The van der Waals surface area contributed by atoms with Gasteiger partial charge in [0.2, 0.25) is 11.8 Å². The molecule has 0 bridgehead atoms. The predicted molar refractivity (Wildman–Crippen MR) is 101 cm³/mol. The minimum atomic E-state index is -0.155. The van der Waals surface area contributed by atoms with Crippen LogP contribution < -0.4 is 11.1 Å². The van der Waals surface area contributed by atoms with E-state index >= 15 is 0 Å². The summed E-state index contributed by atoms with van der Waals surface area (Å²) < 4.78 is 5.77. The van der Waals surface area contributed by atoms with Gasteiger partial charge >= 0.3 is 0 Å². The second kappa shape index (κ2) is 6.59. The van der Waals surface area contributed by atoms with Crippen LogP contribution in [0.2, 0.25) is 0 Å². The Labute approximate surface area is 147 Å². The maximum atomic E-state index is 12.2. The lowest BCUT2D eigenvalue weighted by molar-refractivity contribution is -0.116. The lowest BCUT2D eigenvalue weighted by Gasteiger charge is -2.11. The van der Waals surface area contributed by atoms with E-state index in [0.717, 1.165) is 16.7 Å². The van der Waals surface area contributed by atoms with Gasteiger partial charge < -0.3 is 15.5 Å². The van der Waals surface area contributed by atoms with Gasteiger partial charge in [0.05, 0.1) is 0 Å². The quantitative estimate of drug-likeness (QED) is 0.696. The Morgan fingerprint density at radius 2 is 1.96 bits per heavy atom. The Bertz CT molecular complexity index is 907. The van der Waals surface area contributed by atoms with E-state index < -0.39 is 0 Å². The van der Waals surface area contributed by atoms with Crippen LogP contribution in [0, 0.1) is 0 Å². The SMILES string of the molecule is CC(C)(C)c1nc2cc(NC(=O)CCc3ccccc3N)ccc2o1. The molecular formula is C20H23N3O2. The fraction of sp³-hybridized carbons (Fsp3) is 0.300. The molecule has 0 aliphatic carbocycles. The van der Waals surface area contributed by atoms with Crippen molar-refractivity contribution in [2.75, 3.05) is 11.1 Å². The summed E-state index contributed by atoms with van der Waals surface area (Å²) in [6, 6.07) is 13.1. The Morgan fingerprint density at radius 1 is 1.20 bits per heavy atom. The van der Waals surface area contributed by atoms with Gasteiger partial charge in [0.25, 0.3) is 0 Å². The number of oxazole rings is 1. The number of nitrogens with one attached hydrogen (secondary N) is 1. The van der Waals surface area contributed by atoms with Crippen molar-refractivity contribution >= 4 is 28.4 Å². The van der Waals surface area contributed by atoms with Crippen LogP contribution in [-0.2, 0) is 16.6 Å². The monoisotopic (exact) mass is 337 g/mol. The topological polar surface area (TPSA) is 81.2 Å². The highest BCUT2D eigenvalue weighted by Gasteiger charge is 2.21. The number of carbonyl (C=O) groups is 1. The molecule has 0 saturated carbocycles. The number of carbonyl (C=O) groups excluding carboxylic acids is 1. The molecule has 5 nitrogen and oxygen atoms in total. The molecule has 0 unspecified atom stereocenters. The van der Waals surface area contributed by atoms with Crippen LogP contribution in [0.5, 0.6) is 0 Å². The summed E-state index contributed by atoms with van der Waals surface area (Å²) in [5, 5.41) is 2.91. The van der Waals surface area contributed by atoms with Crippen LogP contribution in [0.1, 0.15) is 38.6 Å². The zero-order valence-corrected chi connectivity index (χ0v) is 14.8. The second-order valence-electron chi connectivity index (χ2n) is 7.20. The number of nitrogens with zero attached hydrogens (tertiary/aromatic N) is 1. The van der Waals surface area contributed by atoms with Crippen molar-refractivity contribution in [2.45, 2.75) is 39.0 Å². The average Bonchev–Trinajstić information content (AvgIpc) is 2.98. The van der Waals surface area contributed by atoms with E-state index in [0.29, 0.717) is 30.1 Å². The average molecular weight is 337 g/mol. The smallest absolute Gasteiger partial charge is 0.224 e. The van der Waals surface area contributed by atoms with Crippen LogP contribution >= 0.6 is 0 Å². The molecule has 130 valence electrons. The van der Waals surface area contributed by atoms with Gasteiger partial charge in [0.1, 0.15) is 5.52 Å². The first-order valence-corrected chi connectivity index (χ1v) is 8.37. The lowest BCUT2D eigenvalue weighted by atomic mass is 9.97. The Morgan fingerprint density at radius 3 is 2.68 bits per heavy atom. The number of aromatic nitrogens is 1. The number of hydrogen-bond acceptors (Lipinski definition) is 4. The number of rotatable bonds is 4. The van der Waals surface area contributed by atoms with E-state index in [1.165, 1.54) is 0 Å². The Hall–Kier alpha value is -2.82. The predicted octanol–water partition coefficient (Wildman–Crippen LogP) is 4.28. The van der Waals surface area contributed by atoms with Crippen molar-refractivity contribution in [3.05, 3.63) is 53.9 Å². The van der Waals surface area contributed by atoms with Gasteiger partial charge in [0.15, 0.2) is 5.58 Å². The van der Waals surface area contributed by atoms with Crippen LogP contribution in [0.4, 0.5) is 11.4 Å². The number of para-hydroxylation sites is 1. The first-order valence-electron chi connectivity index (χ1n) is 8.37. The van der Waals surface area contributed by atoms with E-state index in [2.05, 4.69) is 31.1 Å². The van der Waals surface area contributed by atoms with E-state index in [-0.39, 0.29) is 11.3 Å². The van der Waals surface area contributed by atoms with Crippen molar-refractivity contribution in [3.63, 3.8) is 0 Å². The minimum absolute atomic E-state index is 0.0536. The Balaban J connectivity index is 1.68. The van der Waals surface area contributed by atoms with E-state index in [9.17, 15) is 4.79 Å². The van der Waals surface area contributed by atoms with Gasteiger partial charge in [-0.15, -0.1) is 0 Å². The fourth-order valence-corrected chi connectivity index (χ4v) is 2.56. The molecule has 0 saturated heterocycles. The third kappa shape index (κ3) is 3.99. The molecule has 1 heterocycles. The molecular weight excluding hydrogens is 314 g/mol. The van der Waals surface area contributed by atoms with Gasteiger partial charge in [-0.1, -0.05) is 39.0 Å². The number of hydrogen-bond donors (Lipinski definition) is 2. The molecule has 0 fully saturated rings. The number of nitrogen functional groups attached to an aromatic ring is 1. The molecule has 25 heavy (non-hydrogen) atoms. The van der Waals surface area contributed by atoms with Crippen LogP contribution in [0.25, 0.3) is 11.1 Å². The third-order valence-corrected chi connectivity index (χ3v) is 3.99. The van der Waals surface area contributed by atoms with Crippen molar-refractivity contribution in [3.8, 4) is 0 Å². The summed E-state index contributed by atoms with van der Waals surface area (Å²) in [7, 11) is 0. The highest BCUT2D eigenvalue weighted by Crippen LogP contribution is 2.27. The zero-order chi connectivity index (χ0) is 18.0. The Kier molecular flexibility index (Phi) is 4.49. The molecule has 5 heteroatoms.